The normalized spacial score (nSPS) is 12.5. The van der Waals surface area contributed by atoms with E-state index in [4.69, 9.17) is 9.47 Å². The first-order chi connectivity index (χ1) is 14.4. The van der Waals surface area contributed by atoms with E-state index in [1.54, 1.807) is 24.3 Å². The Hall–Kier alpha value is -3.20. The predicted octanol–water partition coefficient (Wildman–Crippen LogP) is 4.21. The van der Waals surface area contributed by atoms with Crippen LogP contribution in [0.5, 0.6) is 5.75 Å². The Bertz CT molecular complexity index is 931. The van der Waals surface area contributed by atoms with Gasteiger partial charge >= 0.3 is 6.18 Å². The van der Waals surface area contributed by atoms with Crippen LogP contribution in [0.25, 0.3) is 0 Å². The molecule has 0 aliphatic carbocycles. The number of halogens is 3. The minimum absolute atomic E-state index is 0.0853. The van der Waals surface area contributed by atoms with Crippen LogP contribution in [0, 0.1) is 0 Å². The monoisotopic (exact) mass is 419 g/mol. The second-order valence-corrected chi connectivity index (χ2v) is 6.40. The third-order valence-electron chi connectivity index (χ3n) is 4.31. The minimum atomic E-state index is -4.42. The van der Waals surface area contributed by atoms with Gasteiger partial charge in [-0.2, -0.15) is 18.3 Å². The highest BCUT2D eigenvalue weighted by Crippen LogP contribution is 2.31. The molecule has 0 bridgehead atoms. The lowest BCUT2D eigenvalue weighted by molar-refractivity contribution is -0.137. The highest BCUT2D eigenvalue weighted by atomic mass is 19.4. The molecule has 9 heteroatoms. The maximum absolute atomic E-state index is 12.8. The Morgan fingerprint density at radius 3 is 2.53 bits per heavy atom. The molecule has 2 aromatic carbocycles. The van der Waals surface area contributed by atoms with Crippen molar-refractivity contribution < 1.29 is 27.4 Å². The molecule has 0 aliphatic heterocycles. The summed E-state index contributed by atoms with van der Waals surface area (Å²) < 4.78 is 50.5. The summed E-state index contributed by atoms with van der Waals surface area (Å²) in [4.78, 5) is 16.7. The third kappa shape index (κ3) is 5.90. The molecule has 0 spiro atoms. The van der Waals surface area contributed by atoms with Crippen LogP contribution < -0.4 is 4.74 Å². The van der Waals surface area contributed by atoms with Gasteiger partial charge in [-0.05, 0) is 18.2 Å². The largest absolute Gasteiger partial charge is 0.491 e. The Kier molecular flexibility index (Phi) is 7.18. The second-order valence-electron chi connectivity index (χ2n) is 6.40. The summed E-state index contributed by atoms with van der Waals surface area (Å²) in [6.45, 7) is 0.497. The highest BCUT2D eigenvalue weighted by molar-refractivity contribution is 5.98. The average Bonchev–Trinajstić information content (AvgIpc) is 3.27. The quantitative estimate of drug-likeness (QED) is 0.364. The molecular formula is C21H20F3N3O3. The van der Waals surface area contributed by atoms with Gasteiger partial charge in [0.2, 0.25) is 0 Å². The smallest absolute Gasteiger partial charge is 0.416 e. The van der Waals surface area contributed by atoms with Crippen molar-refractivity contribution >= 4 is 5.78 Å². The number of alkyl halides is 3. The standard InChI is InChI=1S/C21H20F3N3O3/c22-21(23,24)17-7-4-8-18(13-17)30-12-11-29-10-9-19(27-15-25-14-26-27)20(28)16-5-2-1-3-6-16/h1-8,13-15,19H,9-12H2. The second kappa shape index (κ2) is 10.0. The molecule has 1 unspecified atom stereocenters. The lowest BCUT2D eigenvalue weighted by Crippen LogP contribution is -2.22. The summed E-state index contributed by atoms with van der Waals surface area (Å²) in [5.74, 6) is 0.0121. The summed E-state index contributed by atoms with van der Waals surface area (Å²) in [7, 11) is 0. The van der Waals surface area contributed by atoms with E-state index in [0.717, 1.165) is 12.1 Å². The van der Waals surface area contributed by atoms with Crippen LogP contribution in [0.15, 0.2) is 67.3 Å². The van der Waals surface area contributed by atoms with Crippen LogP contribution in [-0.4, -0.2) is 40.4 Å². The molecule has 0 fully saturated rings. The van der Waals surface area contributed by atoms with Gasteiger partial charge < -0.3 is 9.47 Å². The first-order valence-corrected chi connectivity index (χ1v) is 9.26. The van der Waals surface area contributed by atoms with Gasteiger partial charge in [-0.15, -0.1) is 0 Å². The van der Waals surface area contributed by atoms with Gasteiger partial charge in [0.15, 0.2) is 5.78 Å². The molecule has 0 saturated heterocycles. The number of carbonyl (C=O) groups excluding carboxylic acids is 1. The Balaban J connectivity index is 1.48. The maximum Gasteiger partial charge on any atom is 0.416 e. The van der Waals surface area contributed by atoms with E-state index >= 15 is 0 Å². The number of nitrogens with zero attached hydrogens (tertiary/aromatic N) is 3. The average molecular weight is 419 g/mol. The predicted molar refractivity (Wildman–Crippen MR) is 102 cm³/mol. The first-order valence-electron chi connectivity index (χ1n) is 9.26. The molecule has 0 saturated carbocycles. The summed E-state index contributed by atoms with van der Waals surface area (Å²) >= 11 is 0. The molecule has 30 heavy (non-hydrogen) atoms. The van der Waals surface area contributed by atoms with E-state index in [1.165, 1.54) is 29.5 Å². The van der Waals surface area contributed by atoms with Crippen LogP contribution in [0.1, 0.15) is 28.4 Å². The van der Waals surface area contributed by atoms with Crippen LogP contribution in [0.4, 0.5) is 13.2 Å². The fraction of sp³-hybridized carbons (Fsp3) is 0.286. The summed E-state index contributed by atoms with van der Waals surface area (Å²) in [5.41, 5.74) is -0.207. The first kappa shape index (κ1) is 21.5. The summed E-state index contributed by atoms with van der Waals surface area (Å²) in [6.07, 6.45) is -1.23. The van der Waals surface area contributed by atoms with E-state index < -0.39 is 17.8 Å². The van der Waals surface area contributed by atoms with Gasteiger partial charge in [-0.25, -0.2) is 9.67 Å². The van der Waals surface area contributed by atoms with E-state index in [2.05, 4.69) is 10.1 Å². The van der Waals surface area contributed by atoms with Crippen LogP contribution in [-0.2, 0) is 10.9 Å². The molecule has 0 amide bonds. The van der Waals surface area contributed by atoms with Crippen molar-refractivity contribution in [3.63, 3.8) is 0 Å². The number of hydrogen-bond donors (Lipinski definition) is 0. The van der Waals surface area contributed by atoms with Crippen molar-refractivity contribution in [3.8, 4) is 5.75 Å². The van der Waals surface area contributed by atoms with E-state index in [9.17, 15) is 18.0 Å². The number of benzene rings is 2. The molecule has 0 aliphatic rings. The van der Waals surface area contributed by atoms with Gasteiger partial charge in [-0.1, -0.05) is 36.4 Å². The molecule has 6 nitrogen and oxygen atoms in total. The van der Waals surface area contributed by atoms with Crippen LogP contribution in [0.3, 0.4) is 0 Å². The van der Waals surface area contributed by atoms with Gasteiger partial charge in [0.1, 0.15) is 31.1 Å². The van der Waals surface area contributed by atoms with E-state index in [0.29, 0.717) is 12.0 Å². The van der Waals surface area contributed by atoms with E-state index in [1.807, 2.05) is 6.07 Å². The SMILES string of the molecule is O=C(c1ccccc1)C(CCOCCOc1cccc(C(F)(F)F)c1)n1cncn1. The van der Waals surface area contributed by atoms with Crippen molar-refractivity contribution in [2.75, 3.05) is 19.8 Å². The zero-order valence-electron chi connectivity index (χ0n) is 16.0. The Labute approximate surface area is 171 Å². The Morgan fingerprint density at radius 2 is 1.83 bits per heavy atom. The molecule has 1 heterocycles. The lowest BCUT2D eigenvalue weighted by atomic mass is 10.0. The van der Waals surface area contributed by atoms with Gasteiger partial charge in [0, 0.05) is 18.6 Å². The molecule has 1 atom stereocenters. The number of carbonyl (C=O) groups is 1. The number of ketones is 1. The highest BCUT2D eigenvalue weighted by Gasteiger charge is 2.30. The lowest BCUT2D eigenvalue weighted by Gasteiger charge is -2.16. The zero-order chi connectivity index (χ0) is 21.4. The fourth-order valence-electron chi connectivity index (χ4n) is 2.83. The van der Waals surface area contributed by atoms with Crippen molar-refractivity contribution in [2.45, 2.75) is 18.6 Å². The zero-order valence-corrected chi connectivity index (χ0v) is 16.0. The third-order valence-corrected chi connectivity index (χ3v) is 4.31. The summed E-state index contributed by atoms with van der Waals surface area (Å²) in [5, 5.41) is 4.06. The number of aromatic nitrogens is 3. The van der Waals surface area contributed by atoms with Crippen molar-refractivity contribution in [1.29, 1.82) is 0 Å². The maximum atomic E-state index is 12.8. The molecule has 0 N–H and O–H groups in total. The summed E-state index contributed by atoms with van der Waals surface area (Å²) in [6, 6.07) is 13.0. The number of hydrogen-bond acceptors (Lipinski definition) is 5. The Morgan fingerprint density at radius 1 is 1.03 bits per heavy atom. The van der Waals surface area contributed by atoms with Crippen molar-refractivity contribution in [2.24, 2.45) is 0 Å². The molecule has 3 aromatic rings. The molecule has 3 rings (SSSR count). The van der Waals surface area contributed by atoms with Crippen molar-refractivity contribution in [1.82, 2.24) is 14.8 Å². The molecule has 1 aromatic heterocycles. The van der Waals surface area contributed by atoms with Gasteiger partial charge in [0.05, 0.1) is 12.2 Å². The van der Waals surface area contributed by atoms with Gasteiger partial charge in [0.25, 0.3) is 0 Å². The van der Waals surface area contributed by atoms with Crippen molar-refractivity contribution in [3.05, 3.63) is 78.4 Å². The molecule has 158 valence electrons. The fourth-order valence-corrected chi connectivity index (χ4v) is 2.83. The number of rotatable bonds is 10. The minimum Gasteiger partial charge on any atom is -0.491 e. The number of Topliss-reactive ketones (excluding diaryl/α,β-unsaturated/α-hetero) is 1. The molecular weight excluding hydrogens is 399 g/mol. The van der Waals surface area contributed by atoms with E-state index in [-0.39, 0.29) is 31.4 Å². The van der Waals surface area contributed by atoms with Crippen LogP contribution >= 0.6 is 0 Å². The molecule has 0 radical (unpaired) electrons. The van der Waals surface area contributed by atoms with Gasteiger partial charge in [-0.3, -0.25) is 4.79 Å². The van der Waals surface area contributed by atoms with Crippen LogP contribution in [0.2, 0.25) is 0 Å². The topological polar surface area (TPSA) is 66.2 Å². The number of ether oxygens (including phenoxy) is 2.